The van der Waals surface area contributed by atoms with E-state index in [4.69, 9.17) is 16.3 Å². The fraction of sp³-hybridized carbons (Fsp3) is 0.467. The Morgan fingerprint density at radius 2 is 2.14 bits per heavy atom. The molecule has 1 fully saturated rings. The Kier molecular flexibility index (Phi) is 5.94. The molecule has 1 aliphatic heterocycles. The summed E-state index contributed by atoms with van der Waals surface area (Å²) in [6.45, 7) is 2.31. The lowest BCUT2D eigenvalue weighted by atomic mass is 10.1. The van der Waals surface area contributed by atoms with Crippen molar-refractivity contribution in [2.24, 2.45) is 0 Å². The van der Waals surface area contributed by atoms with Crippen LogP contribution in [0.3, 0.4) is 0 Å². The second-order valence-corrected chi connectivity index (χ2v) is 6.20. The highest BCUT2D eigenvalue weighted by molar-refractivity contribution is 7.99. The quantitative estimate of drug-likeness (QED) is 0.616. The van der Waals surface area contributed by atoms with Crippen LogP contribution in [0.25, 0.3) is 0 Å². The first kappa shape index (κ1) is 16.2. The summed E-state index contributed by atoms with van der Waals surface area (Å²) in [5.74, 6) is 0.450. The fourth-order valence-corrected chi connectivity index (χ4v) is 3.48. The van der Waals surface area contributed by atoms with Gasteiger partial charge < -0.3 is 9.64 Å². The summed E-state index contributed by atoms with van der Waals surface area (Å²) >= 11 is 7.80. The third-order valence-corrected chi connectivity index (χ3v) is 4.65. The van der Waals surface area contributed by atoms with E-state index < -0.39 is 11.4 Å². The van der Waals surface area contributed by atoms with Gasteiger partial charge in [-0.3, -0.25) is 4.79 Å². The third kappa shape index (κ3) is 3.92. The largest absolute Gasteiger partial charge is 0.464 e. The standard InChI is InChI=1S/C15H18ClNO3S/c1-2-8-20-15(19)12-9-21-10-17(12)14(18)13(16)11-6-4-3-5-7-11/h3-7,12-13H,2,8-10H2,1H3/t12-,13+/m1/s1. The molecule has 1 aromatic carbocycles. The van der Waals surface area contributed by atoms with Gasteiger partial charge in [-0.2, -0.15) is 0 Å². The van der Waals surface area contributed by atoms with Crippen LogP contribution in [-0.2, 0) is 14.3 Å². The number of thioether (sulfide) groups is 1. The first-order valence-corrected chi connectivity index (χ1v) is 8.48. The highest BCUT2D eigenvalue weighted by Gasteiger charge is 2.38. The summed E-state index contributed by atoms with van der Waals surface area (Å²) in [4.78, 5) is 26.0. The Balaban J connectivity index is 2.05. The molecule has 0 saturated carbocycles. The number of halogens is 1. The van der Waals surface area contributed by atoms with Crippen LogP contribution >= 0.6 is 23.4 Å². The average Bonchev–Trinajstić information content (AvgIpc) is 3.01. The number of carbonyl (C=O) groups excluding carboxylic acids is 2. The predicted molar refractivity (Wildman–Crippen MR) is 84.2 cm³/mol. The van der Waals surface area contributed by atoms with Crippen LogP contribution in [0.5, 0.6) is 0 Å². The molecule has 21 heavy (non-hydrogen) atoms. The van der Waals surface area contributed by atoms with Crippen molar-refractivity contribution in [2.75, 3.05) is 18.2 Å². The number of amides is 1. The lowest BCUT2D eigenvalue weighted by molar-refractivity contribution is -0.152. The number of hydrogen-bond donors (Lipinski definition) is 0. The zero-order valence-electron chi connectivity index (χ0n) is 11.8. The van der Waals surface area contributed by atoms with E-state index in [1.54, 1.807) is 0 Å². The maximum Gasteiger partial charge on any atom is 0.329 e. The first-order chi connectivity index (χ1) is 10.1. The molecule has 1 heterocycles. The van der Waals surface area contributed by atoms with Gasteiger partial charge in [0.1, 0.15) is 11.4 Å². The minimum absolute atomic E-state index is 0.244. The molecule has 0 aliphatic carbocycles. The van der Waals surface area contributed by atoms with Crippen LogP contribution in [0.4, 0.5) is 0 Å². The minimum atomic E-state index is -0.772. The molecule has 1 aliphatic rings. The van der Waals surface area contributed by atoms with E-state index in [-0.39, 0.29) is 11.9 Å². The monoisotopic (exact) mass is 327 g/mol. The van der Waals surface area contributed by atoms with Crippen molar-refractivity contribution in [2.45, 2.75) is 24.8 Å². The van der Waals surface area contributed by atoms with Crippen molar-refractivity contribution < 1.29 is 14.3 Å². The minimum Gasteiger partial charge on any atom is -0.464 e. The maximum atomic E-state index is 12.5. The van der Waals surface area contributed by atoms with E-state index in [1.807, 2.05) is 37.3 Å². The van der Waals surface area contributed by atoms with E-state index in [1.165, 1.54) is 16.7 Å². The molecule has 6 heteroatoms. The van der Waals surface area contributed by atoms with Crippen LogP contribution in [0.1, 0.15) is 24.3 Å². The molecule has 2 atom stereocenters. The molecule has 0 N–H and O–H groups in total. The van der Waals surface area contributed by atoms with Gasteiger partial charge in [-0.05, 0) is 12.0 Å². The lowest BCUT2D eigenvalue weighted by Gasteiger charge is -2.24. The summed E-state index contributed by atoms with van der Waals surface area (Å²) in [7, 11) is 0. The second-order valence-electron chi connectivity index (χ2n) is 4.76. The molecule has 1 aromatic rings. The van der Waals surface area contributed by atoms with Crippen molar-refractivity contribution in [3.63, 3.8) is 0 Å². The topological polar surface area (TPSA) is 46.6 Å². The van der Waals surface area contributed by atoms with E-state index in [2.05, 4.69) is 0 Å². The molecule has 4 nitrogen and oxygen atoms in total. The highest BCUT2D eigenvalue weighted by Crippen LogP contribution is 2.29. The van der Waals surface area contributed by atoms with Crippen molar-refractivity contribution in [1.29, 1.82) is 0 Å². The van der Waals surface area contributed by atoms with Crippen molar-refractivity contribution in [1.82, 2.24) is 4.90 Å². The number of hydrogen-bond acceptors (Lipinski definition) is 4. The summed E-state index contributed by atoms with van der Waals surface area (Å²) in [5, 5.41) is -0.772. The highest BCUT2D eigenvalue weighted by atomic mass is 35.5. The van der Waals surface area contributed by atoms with E-state index in [0.717, 1.165) is 12.0 Å². The number of esters is 1. The molecule has 1 amide bonds. The average molecular weight is 328 g/mol. The molecule has 2 rings (SSSR count). The molecule has 1 saturated heterocycles. The van der Waals surface area contributed by atoms with Crippen LogP contribution in [0.15, 0.2) is 30.3 Å². The molecule has 114 valence electrons. The number of rotatable bonds is 5. The summed E-state index contributed by atoms with van der Waals surface area (Å²) < 4.78 is 5.15. The molecule has 0 spiro atoms. The van der Waals surface area contributed by atoms with Crippen LogP contribution in [0, 0.1) is 0 Å². The van der Waals surface area contributed by atoms with Gasteiger partial charge in [0, 0.05) is 5.75 Å². The molecule has 0 radical (unpaired) electrons. The molecule has 0 aromatic heterocycles. The van der Waals surface area contributed by atoms with E-state index in [9.17, 15) is 9.59 Å². The number of ether oxygens (including phenoxy) is 1. The van der Waals surface area contributed by atoms with Crippen molar-refractivity contribution in [3.8, 4) is 0 Å². The van der Waals surface area contributed by atoms with Gasteiger partial charge in [0.15, 0.2) is 0 Å². The zero-order chi connectivity index (χ0) is 15.2. The smallest absolute Gasteiger partial charge is 0.329 e. The Hall–Kier alpha value is -1.20. The van der Waals surface area contributed by atoms with Crippen LogP contribution < -0.4 is 0 Å². The molecule has 0 unspecified atom stereocenters. The molecular weight excluding hydrogens is 310 g/mol. The number of carbonyl (C=O) groups is 2. The SMILES string of the molecule is CCCOC(=O)[C@H]1CSCN1C(=O)[C@@H](Cl)c1ccccc1. The Labute approximate surface area is 133 Å². The second kappa shape index (κ2) is 7.71. The fourth-order valence-electron chi connectivity index (χ4n) is 2.06. The number of benzene rings is 1. The first-order valence-electron chi connectivity index (χ1n) is 6.89. The van der Waals surface area contributed by atoms with Gasteiger partial charge in [0.25, 0.3) is 0 Å². The maximum absolute atomic E-state index is 12.5. The Morgan fingerprint density at radius 1 is 1.43 bits per heavy atom. The number of alkyl halides is 1. The van der Waals surface area contributed by atoms with Gasteiger partial charge in [-0.15, -0.1) is 23.4 Å². The summed E-state index contributed by atoms with van der Waals surface area (Å²) in [6, 6.07) is 8.63. The normalized spacial score (nSPS) is 19.3. The van der Waals surface area contributed by atoms with Gasteiger partial charge in [-0.1, -0.05) is 37.3 Å². The lowest BCUT2D eigenvalue weighted by Crippen LogP contribution is -2.44. The van der Waals surface area contributed by atoms with Crippen LogP contribution in [0.2, 0.25) is 0 Å². The summed E-state index contributed by atoms with van der Waals surface area (Å²) in [6.07, 6.45) is 0.766. The van der Waals surface area contributed by atoms with Crippen molar-refractivity contribution in [3.05, 3.63) is 35.9 Å². The zero-order valence-corrected chi connectivity index (χ0v) is 13.4. The third-order valence-electron chi connectivity index (χ3n) is 3.19. The van der Waals surface area contributed by atoms with Crippen LogP contribution in [-0.4, -0.2) is 41.1 Å². The number of nitrogens with zero attached hydrogens (tertiary/aromatic N) is 1. The van der Waals surface area contributed by atoms with E-state index >= 15 is 0 Å². The van der Waals surface area contributed by atoms with Crippen molar-refractivity contribution >= 4 is 35.2 Å². The molecular formula is C15H18ClNO3S. The molecule has 0 bridgehead atoms. The Bertz CT molecular complexity index is 497. The van der Waals surface area contributed by atoms with Gasteiger partial charge in [0.2, 0.25) is 5.91 Å². The van der Waals surface area contributed by atoms with E-state index in [0.29, 0.717) is 18.2 Å². The van der Waals surface area contributed by atoms with Gasteiger partial charge in [-0.25, -0.2) is 4.79 Å². The van der Waals surface area contributed by atoms with Gasteiger partial charge >= 0.3 is 5.97 Å². The Morgan fingerprint density at radius 3 is 2.81 bits per heavy atom. The summed E-state index contributed by atoms with van der Waals surface area (Å²) in [5.41, 5.74) is 0.738. The van der Waals surface area contributed by atoms with Gasteiger partial charge in [0.05, 0.1) is 12.5 Å². The predicted octanol–water partition coefficient (Wildman–Crippen LogP) is 2.82.